The van der Waals surface area contributed by atoms with Crippen LogP contribution in [-0.4, -0.2) is 29.1 Å². The number of fused-ring (bicyclic) bond motifs is 6. The van der Waals surface area contributed by atoms with Gasteiger partial charge in [-0.3, -0.25) is 4.98 Å². The van der Waals surface area contributed by atoms with E-state index in [9.17, 15) is 0 Å². The Hall–Kier alpha value is -5.36. The number of nitrogens with zero attached hydrogens (tertiary/aromatic N) is 6. The normalized spacial score (nSPS) is 11.7. The highest BCUT2D eigenvalue weighted by atomic mass is 15.1. The van der Waals surface area contributed by atoms with Crippen LogP contribution in [0.3, 0.4) is 0 Å². The molecule has 0 unspecified atom stereocenters. The second kappa shape index (κ2) is 8.08. The number of hydrogen-bond donors (Lipinski definition) is 0. The van der Waals surface area contributed by atoms with Gasteiger partial charge in [-0.2, -0.15) is 0 Å². The van der Waals surface area contributed by atoms with Gasteiger partial charge in [0.25, 0.3) is 0 Å². The van der Waals surface area contributed by atoms with Crippen molar-refractivity contribution in [2.24, 2.45) is 0 Å². The lowest BCUT2D eigenvalue weighted by molar-refractivity contribution is 1.08. The van der Waals surface area contributed by atoms with Crippen molar-refractivity contribution >= 4 is 43.9 Å². The molecule has 0 amide bonds. The lowest BCUT2D eigenvalue weighted by Crippen LogP contribution is -1.99. The van der Waals surface area contributed by atoms with Crippen molar-refractivity contribution in [3.05, 3.63) is 122 Å². The molecule has 0 aliphatic rings. The maximum atomic E-state index is 5.29. The SMILES string of the molecule is c1ccc(-c2ncc(-n3c4ccccc4c4nc5c6ccccc6n(-c6cccnc6)c5cc43)cn2)cc1. The van der Waals surface area contributed by atoms with Crippen molar-refractivity contribution in [3.8, 4) is 22.8 Å². The third-order valence-electron chi connectivity index (χ3n) is 7.10. The number of para-hydroxylation sites is 2. The number of benzene rings is 3. The fourth-order valence-corrected chi connectivity index (χ4v) is 5.44. The van der Waals surface area contributed by atoms with Crippen molar-refractivity contribution < 1.29 is 0 Å². The first-order valence-electron chi connectivity index (χ1n) is 12.5. The highest BCUT2D eigenvalue weighted by Gasteiger charge is 2.19. The molecular weight excluding hydrogens is 468 g/mol. The Morgan fingerprint density at radius 1 is 0.500 bits per heavy atom. The van der Waals surface area contributed by atoms with Crippen molar-refractivity contribution in [1.29, 1.82) is 0 Å². The van der Waals surface area contributed by atoms with Crippen LogP contribution in [0.5, 0.6) is 0 Å². The van der Waals surface area contributed by atoms with Crippen LogP contribution < -0.4 is 0 Å². The van der Waals surface area contributed by atoms with E-state index in [1.54, 1.807) is 6.20 Å². The maximum Gasteiger partial charge on any atom is 0.159 e. The summed E-state index contributed by atoms with van der Waals surface area (Å²) in [4.78, 5) is 19.1. The molecule has 0 aliphatic carbocycles. The third-order valence-corrected chi connectivity index (χ3v) is 7.10. The van der Waals surface area contributed by atoms with E-state index >= 15 is 0 Å². The van der Waals surface area contributed by atoms with Gasteiger partial charge in [0, 0.05) is 22.5 Å². The molecule has 0 N–H and O–H groups in total. The standard InChI is InChI=1S/C32H20N6/c1-2-9-21(10-3-1)32-34-19-23(20-35-32)38-27-15-7-5-13-25(27)31-29(38)17-28-30(36-31)24-12-4-6-14-26(24)37(28)22-11-8-16-33-18-22/h1-20H. The van der Waals surface area contributed by atoms with E-state index in [-0.39, 0.29) is 0 Å². The number of pyridine rings is 2. The highest BCUT2D eigenvalue weighted by Crippen LogP contribution is 2.37. The first kappa shape index (κ1) is 20.8. The molecular formula is C32H20N6. The Balaban J connectivity index is 1.45. The lowest BCUT2D eigenvalue weighted by Gasteiger charge is -2.09. The van der Waals surface area contributed by atoms with E-state index in [0.717, 1.165) is 60.8 Å². The molecule has 8 rings (SSSR count). The summed E-state index contributed by atoms with van der Waals surface area (Å²) in [5, 5.41) is 2.20. The van der Waals surface area contributed by atoms with Crippen molar-refractivity contribution in [3.63, 3.8) is 0 Å². The van der Waals surface area contributed by atoms with Crippen LogP contribution >= 0.6 is 0 Å². The van der Waals surface area contributed by atoms with Gasteiger partial charge in [-0.1, -0.05) is 66.7 Å². The summed E-state index contributed by atoms with van der Waals surface area (Å²) in [5.74, 6) is 0.701. The molecule has 5 heterocycles. The Kier molecular flexibility index (Phi) is 4.42. The van der Waals surface area contributed by atoms with Crippen LogP contribution in [0.15, 0.2) is 122 Å². The molecule has 6 nitrogen and oxygen atoms in total. The Labute approximate surface area is 217 Å². The second-order valence-electron chi connectivity index (χ2n) is 9.27. The number of hydrogen-bond acceptors (Lipinski definition) is 4. The fraction of sp³-hybridized carbons (Fsp3) is 0. The summed E-state index contributed by atoms with van der Waals surface area (Å²) in [5.41, 5.74) is 8.99. The molecule has 0 fully saturated rings. The summed E-state index contributed by atoms with van der Waals surface area (Å²) in [6.45, 7) is 0. The molecule has 0 atom stereocenters. The van der Waals surface area contributed by atoms with Gasteiger partial charge < -0.3 is 9.13 Å². The van der Waals surface area contributed by atoms with Gasteiger partial charge >= 0.3 is 0 Å². The van der Waals surface area contributed by atoms with E-state index in [0.29, 0.717) is 5.82 Å². The summed E-state index contributed by atoms with van der Waals surface area (Å²) < 4.78 is 4.44. The van der Waals surface area contributed by atoms with Crippen LogP contribution in [0, 0.1) is 0 Å². The predicted molar refractivity (Wildman–Crippen MR) is 152 cm³/mol. The molecule has 0 saturated carbocycles. The van der Waals surface area contributed by atoms with Crippen molar-refractivity contribution in [2.45, 2.75) is 0 Å². The number of rotatable bonds is 3. The molecule has 8 aromatic rings. The number of aromatic nitrogens is 6. The van der Waals surface area contributed by atoms with Crippen LogP contribution in [0.4, 0.5) is 0 Å². The lowest BCUT2D eigenvalue weighted by atomic mass is 10.2. The molecule has 0 spiro atoms. The van der Waals surface area contributed by atoms with Crippen LogP contribution in [-0.2, 0) is 0 Å². The molecule has 6 heteroatoms. The minimum absolute atomic E-state index is 0.701. The summed E-state index contributed by atoms with van der Waals surface area (Å²) in [6.07, 6.45) is 7.47. The average molecular weight is 489 g/mol. The minimum atomic E-state index is 0.701. The van der Waals surface area contributed by atoms with E-state index in [1.165, 1.54) is 0 Å². The van der Waals surface area contributed by atoms with Gasteiger partial charge in [-0.25, -0.2) is 15.0 Å². The predicted octanol–water partition coefficient (Wildman–Crippen LogP) is 7.13. The zero-order valence-electron chi connectivity index (χ0n) is 20.2. The third kappa shape index (κ3) is 3.01. The molecule has 38 heavy (non-hydrogen) atoms. The van der Waals surface area contributed by atoms with Crippen molar-refractivity contribution in [2.75, 3.05) is 0 Å². The Morgan fingerprint density at radius 2 is 1.11 bits per heavy atom. The van der Waals surface area contributed by atoms with Gasteiger partial charge in [0.05, 0.1) is 63.1 Å². The first-order valence-corrected chi connectivity index (χ1v) is 12.5. The fourth-order valence-electron chi connectivity index (χ4n) is 5.44. The highest BCUT2D eigenvalue weighted by molar-refractivity contribution is 6.15. The first-order chi connectivity index (χ1) is 18.9. The summed E-state index contributed by atoms with van der Waals surface area (Å²) in [7, 11) is 0. The average Bonchev–Trinajstić information content (AvgIpc) is 3.49. The Bertz CT molecular complexity index is 2110. The minimum Gasteiger partial charge on any atom is -0.306 e. The molecule has 0 aliphatic heterocycles. The monoisotopic (exact) mass is 488 g/mol. The van der Waals surface area contributed by atoms with Gasteiger partial charge in [-0.15, -0.1) is 0 Å². The smallest absolute Gasteiger partial charge is 0.159 e. The zero-order chi connectivity index (χ0) is 25.1. The maximum absolute atomic E-state index is 5.29. The van der Waals surface area contributed by atoms with Crippen LogP contribution in [0.1, 0.15) is 0 Å². The molecule has 5 aromatic heterocycles. The van der Waals surface area contributed by atoms with Gasteiger partial charge in [0.15, 0.2) is 5.82 Å². The largest absolute Gasteiger partial charge is 0.306 e. The Morgan fingerprint density at radius 3 is 1.74 bits per heavy atom. The van der Waals surface area contributed by atoms with E-state index in [1.807, 2.05) is 55.0 Å². The van der Waals surface area contributed by atoms with Gasteiger partial charge in [0.2, 0.25) is 0 Å². The molecule has 178 valence electrons. The van der Waals surface area contributed by atoms with E-state index in [4.69, 9.17) is 15.0 Å². The van der Waals surface area contributed by atoms with Crippen LogP contribution in [0.2, 0.25) is 0 Å². The molecule has 0 bridgehead atoms. The van der Waals surface area contributed by atoms with E-state index in [2.05, 4.69) is 74.8 Å². The van der Waals surface area contributed by atoms with Crippen molar-refractivity contribution in [1.82, 2.24) is 29.1 Å². The summed E-state index contributed by atoms with van der Waals surface area (Å²) >= 11 is 0. The summed E-state index contributed by atoms with van der Waals surface area (Å²) in [6, 6.07) is 33.1. The molecule has 0 saturated heterocycles. The van der Waals surface area contributed by atoms with Gasteiger partial charge in [0.1, 0.15) is 0 Å². The molecule has 0 radical (unpaired) electrons. The van der Waals surface area contributed by atoms with Crippen LogP contribution in [0.25, 0.3) is 66.6 Å². The zero-order valence-corrected chi connectivity index (χ0v) is 20.2. The topological polar surface area (TPSA) is 61.4 Å². The second-order valence-corrected chi connectivity index (χ2v) is 9.27. The molecule has 3 aromatic carbocycles. The van der Waals surface area contributed by atoms with E-state index < -0.39 is 0 Å². The van der Waals surface area contributed by atoms with Gasteiger partial charge in [-0.05, 0) is 30.3 Å². The quantitative estimate of drug-likeness (QED) is 0.265.